The molecular formula is C22H21NO. The summed E-state index contributed by atoms with van der Waals surface area (Å²) in [6.07, 6.45) is 0.721. The van der Waals surface area contributed by atoms with E-state index < -0.39 is 0 Å². The smallest absolute Gasteiger partial charge is 0.119 e. The summed E-state index contributed by atoms with van der Waals surface area (Å²) in [4.78, 5) is 2.05. The second-order valence-electron chi connectivity index (χ2n) is 6.24. The summed E-state index contributed by atoms with van der Waals surface area (Å²) in [5.74, 6) is 6.70. The Balaban J connectivity index is 1.93. The maximum atomic E-state index is 10.3. The van der Waals surface area contributed by atoms with E-state index in [1.165, 1.54) is 5.56 Å². The first-order chi connectivity index (χ1) is 11.6. The zero-order chi connectivity index (χ0) is 16.9. The van der Waals surface area contributed by atoms with E-state index in [4.69, 9.17) is 0 Å². The van der Waals surface area contributed by atoms with E-state index in [9.17, 15) is 5.11 Å². The molecule has 0 spiro atoms. The van der Waals surface area contributed by atoms with Crippen molar-refractivity contribution in [1.82, 2.24) is 4.90 Å². The van der Waals surface area contributed by atoms with Gasteiger partial charge in [-0.2, -0.15) is 0 Å². The molecule has 3 rings (SSSR count). The quantitative estimate of drug-likeness (QED) is 0.737. The maximum Gasteiger partial charge on any atom is 0.119 e. The Bertz CT molecular complexity index is 902. The maximum absolute atomic E-state index is 10.3. The van der Waals surface area contributed by atoms with Crippen molar-refractivity contribution < 1.29 is 5.11 Å². The molecule has 0 fully saturated rings. The first-order valence-corrected chi connectivity index (χ1v) is 8.05. The topological polar surface area (TPSA) is 23.5 Å². The van der Waals surface area contributed by atoms with Crippen molar-refractivity contribution in [2.24, 2.45) is 0 Å². The Morgan fingerprint density at radius 3 is 2.46 bits per heavy atom. The fraction of sp³-hybridized carbons (Fsp3) is 0.182. The highest BCUT2D eigenvalue weighted by atomic mass is 16.3. The van der Waals surface area contributed by atoms with Crippen LogP contribution in [-0.2, 0) is 6.42 Å². The normalized spacial score (nSPS) is 10.6. The zero-order valence-corrected chi connectivity index (χ0v) is 14.1. The first kappa shape index (κ1) is 16.1. The van der Waals surface area contributed by atoms with Crippen molar-refractivity contribution in [3.8, 4) is 17.6 Å². The number of hydrogen-bond acceptors (Lipinski definition) is 2. The summed E-state index contributed by atoms with van der Waals surface area (Å²) in [7, 11) is 4.02. The molecule has 0 unspecified atom stereocenters. The minimum absolute atomic E-state index is 0.345. The van der Waals surface area contributed by atoms with E-state index in [0.717, 1.165) is 34.9 Å². The summed E-state index contributed by atoms with van der Waals surface area (Å²) in [6, 6.07) is 20.2. The van der Waals surface area contributed by atoms with Crippen LogP contribution in [0.15, 0.2) is 60.7 Å². The fourth-order valence-electron chi connectivity index (χ4n) is 2.67. The van der Waals surface area contributed by atoms with Gasteiger partial charge in [-0.15, -0.1) is 0 Å². The second-order valence-corrected chi connectivity index (χ2v) is 6.24. The molecule has 0 amide bonds. The molecule has 0 aliphatic carbocycles. The SMILES string of the molecule is CN(C)CC#Cc1ccc2cc(O)c(Cc3ccccc3)cc2c1. The zero-order valence-electron chi connectivity index (χ0n) is 14.1. The molecule has 0 atom stereocenters. The van der Waals surface area contributed by atoms with E-state index in [1.54, 1.807) is 0 Å². The van der Waals surface area contributed by atoms with Gasteiger partial charge in [-0.3, -0.25) is 4.90 Å². The average Bonchev–Trinajstić information content (AvgIpc) is 2.56. The molecule has 1 N–H and O–H groups in total. The van der Waals surface area contributed by atoms with Gasteiger partial charge in [0.15, 0.2) is 0 Å². The Morgan fingerprint density at radius 1 is 0.917 bits per heavy atom. The summed E-state index contributed by atoms with van der Waals surface area (Å²) in [5, 5.41) is 12.4. The Kier molecular flexibility index (Phi) is 4.84. The number of hydrogen-bond donors (Lipinski definition) is 1. The average molecular weight is 315 g/mol. The summed E-state index contributed by atoms with van der Waals surface area (Å²) in [5.41, 5.74) is 3.13. The monoisotopic (exact) mass is 315 g/mol. The van der Waals surface area contributed by atoms with Gasteiger partial charge in [0, 0.05) is 12.0 Å². The van der Waals surface area contributed by atoms with Crippen molar-refractivity contribution in [2.75, 3.05) is 20.6 Å². The van der Waals surface area contributed by atoms with Gasteiger partial charge in [0.25, 0.3) is 0 Å². The van der Waals surface area contributed by atoms with Crippen LogP contribution in [0.3, 0.4) is 0 Å². The molecule has 24 heavy (non-hydrogen) atoms. The number of phenols is 1. The lowest BCUT2D eigenvalue weighted by Crippen LogP contribution is -2.10. The van der Waals surface area contributed by atoms with Gasteiger partial charge in [-0.05, 0) is 60.3 Å². The molecule has 0 radical (unpaired) electrons. The Hall–Kier alpha value is -2.76. The van der Waals surface area contributed by atoms with Crippen LogP contribution in [0.25, 0.3) is 10.8 Å². The lowest BCUT2D eigenvalue weighted by atomic mass is 9.99. The first-order valence-electron chi connectivity index (χ1n) is 8.05. The van der Waals surface area contributed by atoms with Crippen LogP contribution in [-0.4, -0.2) is 30.6 Å². The van der Waals surface area contributed by atoms with E-state index in [-0.39, 0.29) is 0 Å². The van der Waals surface area contributed by atoms with Crippen LogP contribution in [0.5, 0.6) is 5.75 Å². The molecule has 120 valence electrons. The summed E-state index contributed by atoms with van der Waals surface area (Å²) in [6.45, 7) is 0.743. The third-order valence-corrected chi connectivity index (χ3v) is 3.90. The number of aromatic hydroxyl groups is 1. The fourth-order valence-corrected chi connectivity index (χ4v) is 2.67. The number of fused-ring (bicyclic) bond motifs is 1. The third-order valence-electron chi connectivity index (χ3n) is 3.90. The number of nitrogens with zero attached hydrogens (tertiary/aromatic N) is 1. The van der Waals surface area contributed by atoms with Gasteiger partial charge in [0.2, 0.25) is 0 Å². The van der Waals surface area contributed by atoms with Crippen LogP contribution in [0.1, 0.15) is 16.7 Å². The minimum Gasteiger partial charge on any atom is -0.508 e. The molecule has 0 heterocycles. The molecule has 0 bridgehead atoms. The van der Waals surface area contributed by atoms with E-state index in [2.05, 4.69) is 36.1 Å². The molecule has 0 aliphatic heterocycles. The van der Waals surface area contributed by atoms with Gasteiger partial charge >= 0.3 is 0 Å². The molecular weight excluding hydrogens is 294 g/mol. The third kappa shape index (κ3) is 3.95. The molecule has 0 aromatic heterocycles. The second kappa shape index (κ2) is 7.21. The number of phenolic OH excluding ortho intramolecular Hbond substituents is 1. The highest BCUT2D eigenvalue weighted by Gasteiger charge is 2.05. The van der Waals surface area contributed by atoms with Crippen molar-refractivity contribution in [2.45, 2.75) is 6.42 Å². The van der Waals surface area contributed by atoms with E-state index in [0.29, 0.717) is 5.75 Å². The summed E-state index contributed by atoms with van der Waals surface area (Å²) < 4.78 is 0. The highest BCUT2D eigenvalue weighted by Crippen LogP contribution is 2.27. The Morgan fingerprint density at radius 2 is 1.71 bits per heavy atom. The number of rotatable bonds is 3. The summed E-state index contributed by atoms with van der Waals surface area (Å²) >= 11 is 0. The molecule has 2 heteroatoms. The molecule has 2 nitrogen and oxygen atoms in total. The number of benzene rings is 3. The van der Waals surface area contributed by atoms with Gasteiger partial charge in [0.1, 0.15) is 5.75 Å². The van der Waals surface area contributed by atoms with Crippen LogP contribution in [0.4, 0.5) is 0 Å². The molecule has 3 aromatic carbocycles. The minimum atomic E-state index is 0.345. The van der Waals surface area contributed by atoms with Gasteiger partial charge in [0.05, 0.1) is 6.54 Å². The van der Waals surface area contributed by atoms with Crippen molar-refractivity contribution >= 4 is 10.8 Å². The lowest BCUT2D eigenvalue weighted by molar-refractivity contribution is 0.464. The van der Waals surface area contributed by atoms with Crippen LogP contribution in [0.2, 0.25) is 0 Å². The molecule has 3 aromatic rings. The van der Waals surface area contributed by atoms with Crippen molar-refractivity contribution in [3.05, 3.63) is 77.4 Å². The van der Waals surface area contributed by atoms with Crippen LogP contribution in [0, 0.1) is 11.8 Å². The van der Waals surface area contributed by atoms with Crippen LogP contribution < -0.4 is 0 Å². The highest BCUT2D eigenvalue weighted by molar-refractivity contribution is 5.86. The molecule has 0 saturated heterocycles. The van der Waals surface area contributed by atoms with Crippen molar-refractivity contribution in [1.29, 1.82) is 0 Å². The predicted octanol–water partition coefficient (Wildman–Crippen LogP) is 4.05. The lowest BCUT2D eigenvalue weighted by Gasteiger charge is -2.08. The van der Waals surface area contributed by atoms with Gasteiger partial charge in [-0.1, -0.05) is 48.2 Å². The van der Waals surface area contributed by atoms with Crippen LogP contribution >= 0.6 is 0 Å². The Labute approximate surface area is 143 Å². The van der Waals surface area contributed by atoms with Gasteiger partial charge < -0.3 is 5.11 Å². The molecule has 0 aliphatic rings. The molecule has 0 saturated carbocycles. The predicted molar refractivity (Wildman–Crippen MR) is 100 cm³/mol. The standard InChI is InChI=1S/C22H21NO/c1-23(2)12-6-9-18-10-11-19-16-22(24)21(15-20(19)13-18)14-17-7-4-3-5-8-17/h3-5,7-8,10-11,13,15-16,24H,12,14H2,1-2H3. The van der Waals surface area contributed by atoms with Gasteiger partial charge in [-0.25, -0.2) is 0 Å². The largest absolute Gasteiger partial charge is 0.508 e. The van der Waals surface area contributed by atoms with Crippen molar-refractivity contribution in [3.63, 3.8) is 0 Å². The van der Waals surface area contributed by atoms with E-state index >= 15 is 0 Å². The van der Waals surface area contributed by atoms with E-state index in [1.807, 2.05) is 55.4 Å².